The lowest BCUT2D eigenvalue weighted by atomic mass is 10.2. The van der Waals surface area contributed by atoms with Gasteiger partial charge in [0.05, 0.1) is 6.61 Å². The first-order chi connectivity index (χ1) is 9.02. The fourth-order valence-corrected chi connectivity index (χ4v) is 1.32. The van der Waals surface area contributed by atoms with Gasteiger partial charge in [0.15, 0.2) is 6.04 Å². The van der Waals surface area contributed by atoms with Crippen molar-refractivity contribution in [3.8, 4) is 5.75 Å². The van der Waals surface area contributed by atoms with Crippen molar-refractivity contribution in [2.75, 3.05) is 13.7 Å². The van der Waals surface area contributed by atoms with Crippen LogP contribution < -0.4 is 5.32 Å². The summed E-state index contributed by atoms with van der Waals surface area (Å²) in [7, 11) is 1.36. The molecule has 6 heteroatoms. The average Bonchev–Trinajstić information content (AvgIpc) is 2.37. The molecule has 1 amide bonds. The molecule has 1 aromatic carbocycles. The molecule has 0 fully saturated rings. The minimum Gasteiger partial charge on any atom is -0.508 e. The van der Waals surface area contributed by atoms with Gasteiger partial charge >= 0.3 is 5.97 Å². The second-order valence-electron chi connectivity index (χ2n) is 3.78. The van der Waals surface area contributed by atoms with E-state index in [-0.39, 0.29) is 12.4 Å². The molecular formula is C13H15NO5. The largest absolute Gasteiger partial charge is 0.508 e. The number of carboxylic acids is 1. The van der Waals surface area contributed by atoms with Gasteiger partial charge in [0.25, 0.3) is 0 Å². The maximum Gasteiger partial charge on any atom is 0.328 e. The van der Waals surface area contributed by atoms with Crippen LogP contribution >= 0.6 is 0 Å². The lowest BCUT2D eigenvalue weighted by Gasteiger charge is -2.11. The van der Waals surface area contributed by atoms with Crippen molar-refractivity contribution < 1.29 is 24.5 Å². The predicted octanol–water partition coefficient (Wildman–Crippen LogP) is 0.621. The fourth-order valence-electron chi connectivity index (χ4n) is 1.32. The highest BCUT2D eigenvalue weighted by atomic mass is 16.5. The van der Waals surface area contributed by atoms with E-state index >= 15 is 0 Å². The van der Waals surface area contributed by atoms with Crippen LogP contribution in [0.25, 0.3) is 6.08 Å². The van der Waals surface area contributed by atoms with Crippen LogP contribution in [-0.4, -0.2) is 41.8 Å². The topological polar surface area (TPSA) is 95.9 Å². The summed E-state index contributed by atoms with van der Waals surface area (Å²) in [5.74, 6) is -1.56. The molecule has 0 radical (unpaired) electrons. The summed E-state index contributed by atoms with van der Waals surface area (Å²) in [5, 5.41) is 20.2. The summed E-state index contributed by atoms with van der Waals surface area (Å²) < 4.78 is 4.69. The lowest BCUT2D eigenvalue weighted by molar-refractivity contribution is -0.142. The number of carboxylic acid groups (broad SMARTS) is 1. The molecule has 3 N–H and O–H groups in total. The third-order valence-corrected chi connectivity index (χ3v) is 2.27. The number of hydrogen-bond donors (Lipinski definition) is 3. The zero-order chi connectivity index (χ0) is 14.3. The molecule has 0 saturated heterocycles. The molecule has 1 rings (SSSR count). The molecule has 0 bridgehead atoms. The Morgan fingerprint density at radius 2 is 2.00 bits per heavy atom. The second kappa shape index (κ2) is 7.17. The number of phenols is 1. The molecule has 19 heavy (non-hydrogen) atoms. The van der Waals surface area contributed by atoms with Gasteiger partial charge in [-0.25, -0.2) is 4.79 Å². The SMILES string of the molecule is COCC(NC(=O)/C=C/c1ccc(O)cc1)C(=O)O. The minimum atomic E-state index is -1.16. The van der Waals surface area contributed by atoms with E-state index in [0.717, 1.165) is 0 Å². The minimum absolute atomic E-state index is 0.103. The lowest BCUT2D eigenvalue weighted by Crippen LogP contribution is -2.43. The van der Waals surface area contributed by atoms with Crippen LogP contribution in [0.3, 0.4) is 0 Å². The van der Waals surface area contributed by atoms with Crippen LogP contribution in [0.15, 0.2) is 30.3 Å². The summed E-state index contributed by atoms with van der Waals surface area (Å²) in [6, 6.07) is 5.15. The zero-order valence-corrected chi connectivity index (χ0v) is 10.4. The monoisotopic (exact) mass is 265 g/mol. The van der Waals surface area contributed by atoms with Crippen LogP contribution in [0.4, 0.5) is 0 Å². The highest BCUT2D eigenvalue weighted by Crippen LogP contribution is 2.10. The third-order valence-electron chi connectivity index (χ3n) is 2.27. The Hall–Kier alpha value is -2.34. The smallest absolute Gasteiger partial charge is 0.328 e. The summed E-state index contributed by atoms with van der Waals surface area (Å²) >= 11 is 0. The number of nitrogens with one attached hydrogen (secondary N) is 1. The Morgan fingerprint density at radius 1 is 1.37 bits per heavy atom. The van der Waals surface area contributed by atoms with E-state index < -0.39 is 17.9 Å². The Kier molecular flexibility index (Phi) is 5.56. The quantitative estimate of drug-likeness (QED) is 0.655. The number of hydrogen-bond acceptors (Lipinski definition) is 4. The number of aliphatic carboxylic acids is 1. The van der Waals surface area contributed by atoms with Crippen LogP contribution in [0.2, 0.25) is 0 Å². The van der Waals surface area contributed by atoms with Gasteiger partial charge in [-0.3, -0.25) is 4.79 Å². The van der Waals surface area contributed by atoms with Gasteiger partial charge in [-0.2, -0.15) is 0 Å². The summed E-state index contributed by atoms with van der Waals surface area (Å²) in [6.45, 7) is -0.103. The van der Waals surface area contributed by atoms with E-state index in [4.69, 9.17) is 14.9 Å². The first-order valence-corrected chi connectivity index (χ1v) is 5.52. The molecule has 0 aromatic heterocycles. The maximum absolute atomic E-state index is 11.5. The van der Waals surface area contributed by atoms with E-state index in [1.807, 2.05) is 0 Å². The molecule has 0 saturated carbocycles. The van der Waals surface area contributed by atoms with Gasteiger partial charge in [0.2, 0.25) is 5.91 Å². The number of phenolic OH excluding ortho intramolecular Hbond substituents is 1. The highest BCUT2D eigenvalue weighted by molar-refractivity contribution is 5.94. The number of methoxy groups -OCH3 is 1. The summed E-state index contributed by atoms with van der Waals surface area (Å²) in [5.41, 5.74) is 0.714. The van der Waals surface area contributed by atoms with Crippen molar-refractivity contribution >= 4 is 18.0 Å². The van der Waals surface area contributed by atoms with E-state index in [1.54, 1.807) is 12.1 Å². The van der Waals surface area contributed by atoms with Crippen molar-refractivity contribution in [1.82, 2.24) is 5.32 Å². The number of carbonyl (C=O) groups excluding carboxylic acids is 1. The van der Waals surface area contributed by atoms with Crippen molar-refractivity contribution in [3.05, 3.63) is 35.9 Å². The molecule has 0 aliphatic rings. The Labute approximate surface area is 110 Å². The van der Waals surface area contributed by atoms with Crippen LogP contribution in [0, 0.1) is 0 Å². The molecule has 1 atom stereocenters. The maximum atomic E-state index is 11.5. The molecule has 0 aliphatic heterocycles. The van der Waals surface area contributed by atoms with E-state index in [0.29, 0.717) is 5.56 Å². The molecule has 102 valence electrons. The number of amides is 1. The third kappa shape index (κ3) is 5.22. The number of benzene rings is 1. The van der Waals surface area contributed by atoms with Gasteiger partial charge in [0.1, 0.15) is 5.75 Å². The normalized spacial score (nSPS) is 12.3. The molecule has 0 aliphatic carbocycles. The highest BCUT2D eigenvalue weighted by Gasteiger charge is 2.18. The van der Waals surface area contributed by atoms with Crippen LogP contribution in [-0.2, 0) is 14.3 Å². The molecule has 1 unspecified atom stereocenters. The molecular weight excluding hydrogens is 250 g/mol. The number of ether oxygens (including phenoxy) is 1. The summed E-state index contributed by atoms with van der Waals surface area (Å²) in [6.07, 6.45) is 2.73. The van der Waals surface area contributed by atoms with Gasteiger partial charge in [-0.05, 0) is 23.8 Å². The van der Waals surface area contributed by atoms with Gasteiger partial charge in [0, 0.05) is 13.2 Å². The summed E-state index contributed by atoms with van der Waals surface area (Å²) in [4.78, 5) is 22.3. The standard InChI is InChI=1S/C13H15NO5/c1-19-8-11(13(17)18)14-12(16)7-4-9-2-5-10(15)6-3-9/h2-7,11,15H,8H2,1H3,(H,14,16)(H,17,18)/b7-4+. The van der Waals surface area contributed by atoms with Crippen LogP contribution in [0.1, 0.15) is 5.56 Å². The molecule has 0 spiro atoms. The van der Waals surface area contributed by atoms with Crippen molar-refractivity contribution in [3.63, 3.8) is 0 Å². The number of aromatic hydroxyl groups is 1. The van der Waals surface area contributed by atoms with E-state index in [9.17, 15) is 9.59 Å². The van der Waals surface area contributed by atoms with Gasteiger partial charge < -0.3 is 20.3 Å². The fraction of sp³-hybridized carbons (Fsp3) is 0.231. The van der Waals surface area contributed by atoms with Gasteiger partial charge in [-0.15, -0.1) is 0 Å². The first-order valence-electron chi connectivity index (χ1n) is 5.52. The van der Waals surface area contributed by atoms with Crippen LogP contribution in [0.5, 0.6) is 5.75 Å². The molecule has 6 nitrogen and oxygen atoms in total. The van der Waals surface area contributed by atoms with E-state index in [2.05, 4.69) is 5.32 Å². The van der Waals surface area contributed by atoms with Gasteiger partial charge in [-0.1, -0.05) is 12.1 Å². The van der Waals surface area contributed by atoms with Crippen molar-refractivity contribution in [2.45, 2.75) is 6.04 Å². The second-order valence-corrected chi connectivity index (χ2v) is 3.78. The first kappa shape index (κ1) is 14.7. The Bertz CT molecular complexity index is 466. The number of carbonyl (C=O) groups is 2. The van der Waals surface area contributed by atoms with E-state index in [1.165, 1.54) is 31.4 Å². The molecule has 1 aromatic rings. The van der Waals surface area contributed by atoms with Crippen molar-refractivity contribution in [1.29, 1.82) is 0 Å². The zero-order valence-electron chi connectivity index (χ0n) is 10.4. The predicted molar refractivity (Wildman–Crippen MR) is 68.6 cm³/mol. The average molecular weight is 265 g/mol. The Balaban J connectivity index is 2.58. The Morgan fingerprint density at radius 3 is 2.53 bits per heavy atom. The number of rotatable bonds is 6. The molecule has 0 heterocycles. The van der Waals surface area contributed by atoms with Crippen molar-refractivity contribution in [2.24, 2.45) is 0 Å².